The number of rotatable bonds is 4. The van der Waals surface area contributed by atoms with Crippen molar-refractivity contribution in [3.8, 4) is 0 Å². The number of quaternary nitrogens is 1. The van der Waals surface area contributed by atoms with Crippen molar-refractivity contribution in [3.05, 3.63) is 50.9 Å². The van der Waals surface area contributed by atoms with Gasteiger partial charge in [0.1, 0.15) is 13.1 Å². The third kappa shape index (κ3) is 3.93. The van der Waals surface area contributed by atoms with Gasteiger partial charge >= 0.3 is 0 Å². The van der Waals surface area contributed by atoms with Crippen LogP contribution in [0.2, 0.25) is 0 Å². The van der Waals surface area contributed by atoms with Gasteiger partial charge in [-0.1, -0.05) is 0 Å². The molecule has 3 heterocycles. The molecule has 0 spiro atoms. The summed E-state index contributed by atoms with van der Waals surface area (Å²) in [6.45, 7) is 5.13. The van der Waals surface area contributed by atoms with Crippen LogP contribution in [0.1, 0.15) is 11.1 Å². The Balaban J connectivity index is 0.00000147. The van der Waals surface area contributed by atoms with Crippen molar-refractivity contribution in [1.29, 1.82) is 0 Å². The molecule has 1 fully saturated rings. The molecule has 2 aromatic heterocycles. The highest BCUT2D eigenvalue weighted by molar-refractivity contribution is 7.08. The number of halogens is 1. The molecule has 108 valence electrons. The Morgan fingerprint density at radius 3 is 2.20 bits per heavy atom. The van der Waals surface area contributed by atoms with Crippen molar-refractivity contribution in [2.24, 2.45) is 0 Å². The van der Waals surface area contributed by atoms with Gasteiger partial charge in [0.15, 0.2) is 0 Å². The Kier molecular flexibility index (Phi) is 6.26. The summed E-state index contributed by atoms with van der Waals surface area (Å²) in [5.41, 5.74) is 4.06. The monoisotopic (exact) mass is 327 g/mol. The molecule has 3 rings (SSSR count). The smallest absolute Gasteiger partial charge is 0.101 e. The van der Waals surface area contributed by atoms with Gasteiger partial charge in [0, 0.05) is 0 Å². The van der Waals surface area contributed by atoms with Crippen LogP contribution in [0.4, 0.5) is 0 Å². The van der Waals surface area contributed by atoms with Crippen molar-refractivity contribution < 1.29 is 22.0 Å². The van der Waals surface area contributed by atoms with E-state index in [1.54, 1.807) is 27.6 Å². The van der Waals surface area contributed by atoms with Crippen LogP contribution in [0.3, 0.4) is 0 Å². The zero-order chi connectivity index (χ0) is 12.9. The average Bonchev–Trinajstić information content (AvgIpc) is 3.13. The molecule has 1 N–H and O–H groups in total. The maximum absolute atomic E-state index is 5.41. The summed E-state index contributed by atoms with van der Waals surface area (Å²) >= 11 is 3.52. The van der Waals surface area contributed by atoms with Gasteiger partial charge < -0.3 is 22.0 Å². The Labute approximate surface area is 134 Å². The SMILES string of the molecule is C(C[NH+]1CCOCC1)=C(c1ccsc1)c1ccsc1.[Cl-]. The molecule has 0 unspecified atom stereocenters. The van der Waals surface area contributed by atoms with Crippen molar-refractivity contribution in [2.45, 2.75) is 0 Å². The van der Waals surface area contributed by atoms with E-state index in [1.165, 1.54) is 16.7 Å². The molecule has 2 nitrogen and oxygen atoms in total. The number of ether oxygens (including phenoxy) is 1. The van der Waals surface area contributed by atoms with Crippen molar-refractivity contribution in [2.75, 3.05) is 32.8 Å². The largest absolute Gasteiger partial charge is 1.00 e. The van der Waals surface area contributed by atoms with Gasteiger partial charge in [-0.2, -0.15) is 22.7 Å². The second kappa shape index (κ2) is 7.96. The molecule has 1 aliphatic rings. The van der Waals surface area contributed by atoms with Crippen LogP contribution < -0.4 is 17.3 Å². The second-order valence-electron chi connectivity index (χ2n) is 4.71. The van der Waals surface area contributed by atoms with E-state index < -0.39 is 0 Å². The first-order valence-electron chi connectivity index (χ1n) is 6.60. The molecule has 0 aromatic carbocycles. The fourth-order valence-electron chi connectivity index (χ4n) is 2.35. The lowest BCUT2D eigenvalue weighted by atomic mass is 10.0. The van der Waals surface area contributed by atoms with E-state index in [0.29, 0.717) is 0 Å². The van der Waals surface area contributed by atoms with Crippen LogP contribution in [0, 0.1) is 0 Å². The molecule has 1 aliphatic heterocycles. The minimum atomic E-state index is 0. The van der Waals surface area contributed by atoms with Crippen LogP contribution in [0.5, 0.6) is 0 Å². The predicted octanol–water partition coefficient (Wildman–Crippen LogP) is -0.840. The summed E-state index contributed by atoms with van der Waals surface area (Å²) < 4.78 is 5.41. The summed E-state index contributed by atoms with van der Waals surface area (Å²) in [6, 6.07) is 4.42. The molecule has 0 aliphatic carbocycles. The topological polar surface area (TPSA) is 13.7 Å². The Bertz CT molecular complexity index is 480. The molecule has 2 aromatic rings. The summed E-state index contributed by atoms with van der Waals surface area (Å²) in [5.74, 6) is 0. The number of thiophene rings is 2. The number of hydrogen-bond acceptors (Lipinski definition) is 3. The minimum absolute atomic E-state index is 0. The van der Waals surface area contributed by atoms with Gasteiger partial charge in [-0.15, -0.1) is 0 Å². The van der Waals surface area contributed by atoms with Crippen LogP contribution >= 0.6 is 22.7 Å². The van der Waals surface area contributed by atoms with E-state index in [1.807, 2.05) is 0 Å². The zero-order valence-corrected chi connectivity index (χ0v) is 13.6. The zero-order valence-electron chi connectivity index (χ0n) is 11.2. The molecule has 5 heteroatoms. The van der Waals surface area contributed by atoms with Crippen LogP contribution in [0.25, 0.3) is 5.57 Å². The first kappa shape index (κ1) is 15.7. The lowest BCUT2D eigenvalue weighted by Crippen LogP contribution is -3.13. The van der Waals surface area contributed by atoms with E-state index >= 15 is 0 Å². The van der Waals surface area contributed by atoms with Crippen molar-refractivity contribution in [3.63, 3.8) is 0 Å². The van der Waals surface area contributed by atoms with Crippen LogP contribution in [-0.2, 0) is 4.74 Å². The Hall–Kier alpha value is -0.650. The lowest BCUT2D eigenvalue weighted by Gasteiger charge is -2.22. The Morgan fingerprint density at radius 1 is 1.10 bits per heavy atom. The van der Waals surface area contributed by atoms with Gasteiger partial charge in [0.25, 0.3) is 0 Å². The molecule has 20 heavy (non-hydrogen) atoms. The Morgan fingerprint density at radius 2 is 1.70 bits per heavy atom. The fourth-order valence-corrected chi connectivity index (χ4v) is 3.66. The maximum Gasteiger partial charge on any atom is 0.101 e. The lowest BCUT2D eigenvalue weighted by molar-refractivity contribution is -0.902. The predicted molar refractivity (Wildman–Crippen MR) is 82.1 cm³/mol. The maximum atomic E-state index is 5.41. The number of nitrogens with one attached hydrogen (secondary N) is 1. The standard InChI is InChI=1S/C15H17NOS2.ClH/c1(4-16-5-7-17-8-6-16)15(13-2-9-18-11-13)14-3-10-19-12-14;/h1-3,9-12H,4-8H2;1H. The van der Waals surface area contributed by atoms with Gasteiger partial charge in [-0.25, -0.2) is 0 Å². The third-order valence-electron chi connectivity index (χ3n) is 3.46. The summed E-state index contributed by atoms with van der Waals surface area (Å²) in [5, 5.41) is 8.77. The summed E-state index contributed by atoms with van der Waals surface area (Å²) in [7, 11) is 0. The average molecular weight is 328 g/mol. The first-order valence-corrected chi connectivity index (χ1v) is 8.48. The minimum Gasteiger partial charge on any atom is -1.00 e. The van der Waals surface area contributed by atoms with E-state index in [2.05, 4.69) is 39.7 Å². The van der Waals surface area contributed by atoms with E-state index in [4.69, 9.17) is 4.74 Å². The molecule has 0 radical (unpaired) electrons. The van der Waals surface area contributed by atoms with Gasteiger partial charge in [0.05, 0.1) is 19.8 Å². The molecule has 0 atom stereocenters. The summed E-state index contributed by atoms with van der Waals surface area (Å²) in [6.07, 6.45) is 2.39. The number of morpholine rings is 1. The van der Waals surface area contributed by atoms with Gasteiger partial charge in [0.2, 0.25) is 0 Å². The highest BCUT2D eigenvalue weighted by Gasteiger charge is 2.13. The summed E-state index contributed by atoms with van der Waals surface area (Å²) in [4.78, 5) is 1.62. The first-order chi connectivity index (χ1) is 9.43. The second-order valence-corrected chi connectivity index (χ2v) is 6.27. The third-order valence-corrected chi connectivity index (χ3v) is 4.83. The molecular weight excluding hydrogens is 310 g/mol. The normalized spacial score (nSPS) is 15.6. The van der Waals surface area contributed by atoms with E-state index in [0.717, 1.165) is 32.8 Å². The van der Waals surface area contributed by atoms with Gasteiger partial charge in [-0.05, 0) is 56.4 Å². The van der Waals surface area contributed by atoms with E-state index in [9.17, 15) is 0 Å². The van der Waals surface area contributed by atoms with Crippen LogP contribution in [-0.4, -0.2) is 32.8 Å². The van der Waals surface area contributed by atoms with E-state index in [-0.39, 0.29) is 12.4 Å². The highest BCUT2D eigenvalue weighted by Crippen LogP contribution is 2.26. The van der Waals surface area contributed by atoms with Gasteiger partial charge in [-0.3, -0.25) is 0 Å². The molecular formula is C15H18ClNOS2. The molecule has 0 saturated carbocycles. The highest BCUT2D eigenvalue weighted by atomic mass is 35.5. The number of hydrogen-bond donors (Lipinski definition) is 1. The molecule has 0 bridgehead atoms. The van der Waals surface area contributed by atoms with Crippen molar-refractivity contribution in [1.82, 2.24) is 0 Å². The molecule has 0 amide bonds. The van der Waals surface area contributed by atoms with Crippen LogP contribution in [0.15, 0.2) is 39.7 Å². The molecule has 1 saturated heterocycles. The van der Waals surface area contributed by atoms with Crippen molar-refractivity contribution >= 4 is 28.2 Å². The quantitative estimate of drug-likeness (QED) is 0.773. The fraction of sp³-hybridized carbons (Fsp3) is 0.333.